The molecule has 0 aliphatic carbocycles. The molecule has 4 rings (SSSR count). The number of phenols is 1. The van der Waals surface area contributed by atoms with Gasteiger partial charge < -0.3 is 25.2 Å². The van der Waals surface area contributed by atoms with E-state index in [-0.39, 0.29) is 24.2 Å². The molecule has 2 aromatic carbocycles. The normalized spacial score (nSPS) is 25.0. The number of aliphatic hydroxyl groups is 3. The zero-order valence-corrected chi connectivity index (χ0v) is 18.2. The van der Waals surface area contributed by atoms with Crippen LogP contribution in [-0.2, 0) is 10.2 Å². The molecule has 5 nitrogen and oxygen atoms in total. The molecular weight excluding hydrogens is 400 g/mol. The van der Waals surface area contributed by atoms with Crippen molar-refractivity contribution in [2.45, 2.75) is 57.0 Å². The summed E-state index contributed by atoms with van der Waals surface area (Å²) in [6, 6.07) is 14.0. The van der Waals surface area contributed by atoms with Gasteiger partial charge in [0.1, 0.15) is 18.0 Å². The zero-order valence-electron chi connectivity index (χ0n) is 17.4. The molecule has 4 N–H and O–H groups in total. The van der Waals surface area contributed by atoms with E-state index < -0.39 is 24.4 Å². The average Bonchev–Trinajstić information content (AvgIpc) is 3.15. The smallest absolute Gasteiger partial charge is 0.121 e. The van der Waals surface area contributed by atoms with E-state index >= 15 is 0 Å². The first-order valence-corrected chi connectivity index (χ1v) is 11.0. The van der Waals surface area contributed by atoms with Gasteiger partial charge in [-0.25, -0.2) is 0 Å². The van der Waals surface area contributed by atoms with Crippen molar-refractivity contribution >= 4 is 21.4 Å². The highest BCUT2D eigenvalue weighted by molar-refractivity contribution is 7.19. The van der Waals surface area contributed by atoms with Gasteiger partial charge in [-0.2, -0.15) is 0 Å². The second-order valence-corrected chi connectivity index (χ2v) is 9.74. The van der Waals surface area contributed by atoms with Crippen molar-refractivity contribution in [1.82, 2.24) is 0 Å². The predicted molar refractivity (Wildman–Crippen MR) is 118 cm³/mol. The standard InChI is InChI=1S/C24H28O5S/c1-13-8-18(26)16(23-22(28)19(27)10-15(12-25)29-23)11-17(13)24(2,3)21-9-14-6-4-5-7-20(14)30-21/h4-9,11,15,19,22-23,25-28H,10,12H2,1-3H3/t15-,19-,22+,23-/m0/s1. The molecule has 0 radical (unpaired) electrons. The van der Waals surface area contributed by atoms with Crippen molar-refractivity contribution in [3.05, 3.63) is 64.0 Å². The minimum absolute atomic E-state index is 0.0123. The third-order valence-corrected chi connectivity index (χ3v) is 7.59. The Morgan fingerprint density at radius 3 is 2.57 bits per heavy atom. The number of hydrogen-bond acceptors (Lipinski definition) is 6. The van der Waals surface area contributed by atoms with Crippen LogP contribution in [0.4, 0.5) is 0 Å². The van der Waals surface area contributed by atoms with Gasteiger partial charge in [0.15, 0.2) is 0 Å². The Morgan fingerprint density at radius 1 is 1.13 bits per heavy atom. The zero-order chi connectivity index (χ0) is 21.6. The summed E-state index contributed by atoms with van der Waals surface area (Å²) < 4.78 is 7.05. The van der Waals surface area contributed by atoms with Crippen LogP contribution in [0.3, 0.4) is 0 Å². The lowest BCUT2D eigenvalue weighted by atomic mass is 9.78. The lowest BCUT2D eigenvalue weighted by molar-refractivity contribution is -0.180. The molecule has 1 saturated heterocycles. The van der Waals surface area contributed by atoms with Gasteiger partial charge >= 0.3 is 0 Å². The summed E-state index contributed by atoms with van der Waals surface area (Å²) in [6.07, 6.45) is -3.56. The van der Waals surface area contributed by atoms with E-state index in [0.29, 0.717) is 5.56 Å². The molecule has 160 valence electrons. The third-order valence-electron chi connectivity index (χ3n) is 6.15. The quantitative estimate of drug-likeness (QED) is 0.508. The Bertz CT molecular complexity index is 1020. The van der Waals surface area contributed by atoms with Crippen molar-refractivity contribution < 1.29 is 25.2 Å². The lowest BCUT2D eigenvalue weighted by Gasteiger charge is -2.37. The minimum Gasteiger partial charge on any atom is -0.508 e. The fourth-order valence-electron chi connectivity index (χ4n) is 4.36. The first-order valence-electron chi connectivity index (χ1n) is 10.2. The van der Waals surface area contributed by atoms with Crippen LogP contribution in [-0.4, -0.2) is 45.3 Å². The summed E-state index contributed by atoms with van der Waals surface area (Å²) in [5.41, 5.74) is 2.03. The van der Waals surface area contributed by atoms with Gasteiger partial charge in [-0.1, -0.05) is 32.0 Å². The van der Waals surface area contributed by atoms with Gasteiger partial charge in [-0.05, 0) is 47.7 Å². The third kappa shape index (κ3) is 3.63. The molecule has 1 aliphatic heterocycles. The molecule has 4 atom stereocenters. The summed E-state index contributed by atoms with van der Waals surface area (Å²) in [5, 5.41) is 42.1. The maximum Gasteiger partial charge on any atom is 0.121 e. The number of fused-ring (bicyclic) bond motifs is 1. The van der Waals surface area contributed by atoms with Crippen LogP contribution in [0, 0.1) is 6.92 Å². The average molecular weight is 429 g/mol. The lowest BCUT2D eigenvalue weighted by Crippen LogP contribution is -2.44. The summed E-state index contributed by atoms with van der Waals surface area (Å²) in [4.78, 5) is 1.20. The van der Waals surface area contributed by atoms with Crippen LogP contribution < -0.4 is 0 Å². The van der Waals surface area contributed by atoms with Crippen molar-refractivity contribution in [3.8, 4) is 5.75 Å². The number of aliphatic hydroxyl groups excluding tert-OH is 3. The Balaban J connectivity index is 1.79. The summed E-state index contributed by atoms with van der Waals surface area (Å²) >= 11 is 1.74. The van der Waals surface area contributed by atoms with Gasteiger partial charge in [-0.15, -0.1) is 11.3 Å². The van der Waals surface area contributed by atoms with E-state index in [2.05, 4.69) is 32.0 Å². The fourth-order valence-corrected chi connectivity index (χ4v) is 5.54. The predicted octanol–water partition coefficient (Wildman–Crippen LogP) is 3.79. The van der Waals surface area contributed by atoms with Crippen LogP contribution in [0.25, 0.3) is 10.1 Å². The number of ether oxygens (including phenoxy) is 1. The van der Waals surface area contributed by atoms with Crippen LogP contribution in [0.2, 0.25) is 0 Å². The van der Waals surface area contributed by atoms with E-state index in [1.807, 2.05) is 25.1 Å². The van der Waals surface area contributed by atoms with Crippen molar-refractivity contribution in [2.24, 2.45) is 0 Å². The highest BCUT2D eigenvalue weighted by atomic mass is 32.1. The highest BCUT2D eigenvalue weighted by Crippen LogP contribution is 2.44. The number of aryl methyl sites for hydroxylation is 1. The van der Waals surface area contributed by atoms with E-state index in [1.165, 1.54) is 15.0 Å². The maximum atomic E-state index is 10.6. The number of rotatable bonds is 4. The summed E-state index contributed by atoms with van der Waals surface area (Å²) in [7, 11) is 0. The molecule has 2 heterocycles. The Labute approximate surface area is 180 Å². The second-order valence-electron chi connectivity index (χ2n) is 8.65. The largest absolute Gasteiger partial charge is 0.508 e. The Kier molecular flexibility index (Phi) is 5.64. The maximum absolute atomic E-state index is 10.6. The molecule has 1 aliphatic rings. The second kappa shape index (κ2) is 7.94. The molecule has 0 unspecified atom stereocenters. The van der Waals surface area contributed by atoms with Crippen molar-refractivity contribution in [3.63, 3.8) is 0 Å². The molecule has 0 saturated carbocycles. The van der Waals surface area contributed by atoms with Crippen LogP contribution in [0.5, 0.6) is 5.75 Å². The minimum atomic E-state index is -1.18. The molecular formula is C24H28O5S. The number of benzene rings is 2. The molecule has 30 heavy (non-hydrogen) atoms. The summed E-state index contributed by atoms with van der Waals surface area (Å²) in [5.74, 6) is 0.0123. The number of thiophene rings is 1. The van der Waals surface area contributed by atoms with E-state index in [9.17, 15) is 20.4 Å². The first kappa shape index (κ1) is 21.3. The number of phenolic OH excluding ortho intramolecular Hbond substituents is 1. The summed E-state index contributed by atoms with van der Waals surface area (Å²) in [6.45, 7) is 5.99. The van der Waals surface area contributed by atoms with Gasteiger partial charge in [0.2, 0.25) is 0 Å². The number of hydrogen-bond donors (Lipinski definition) is 4. The van der Waals surface area contributed by atoms with Gasteiger partial charge in [0, 0.05) is 27.0 Å². The van der Waals surface area contributed by atoms with Gasteiger partial charge in [-0.3, -0.25) is 0 Å². The van der Waals surface area contributed by atoms with Gasteiger partial charge in [0.25, 0.3) is 0 Å². The molecule has 3 aromatic rings. The Hall–Kier alpha value is -1.96. The van der Waals surface area contributed by atoms with Crippen LogP contribution in [0.15, 0.2) is 42.5 Å². The molecule has 6 heteroatoms. The SMILES string of the molecule is Cc1cc(O)c([C@@H]2O[C@H](CO)C[C@H](O)[C@H]2O)cc1C(C)(C)c1cc2ccccc2s1. The van der Waals surface area contributed by atoms with E-state index in [0.717, 1.165) is 11.1 Å². The Morgan fingerprint density at radius 2 is 1.87 bits per heavy atom. The van der Waals surface area contributed by atoms with Crippen molar-refractivity contribution in [1.29, 1.82) is 0 Å². The topological polar surface area (TPSA) is 90.2 Å². The molecule has 0 spiro atoms. The van der Waals surface area contributed by atoms with E-state index in [1.54, 1.807) is 17.4 Å². The van der Waals surface area contributed by atoms with Crippen LogP contribution >= 0.6 is 11.3 Å². The molecule has 0 bridgehead atoms. The van der Waals surface area contributed by atoms with Crippen LogP contribution in [0.1, 0.15) is 47.9 Å². The molecule has 1 fully saturated rings. The first-order chi connectivity index (χ1) is 14.2. The molecule has 1 aromatic heterocycles. The number of aromatic hydroxyl groups is 1. The monoisotopic (exact) mass is 428 g/mol. The highest BCUT2D eigenvalue weighted by Gasteiger charge is 2.39. The fraction of sp³-hybridized carbons (Fsp3) is 0.417. The molecule has 0 amide bonds. The van der Waals surface area contributed by atoms with Gasteiger partial charge in [0.05, 0.1) is 18.8 Å². The van der Waals surface area contributed by atoms with Crippen molar-refractivity contribution in [2.75, 3.05) is 6.61 Å². The van der Waals surface area contributed by atoms with E-state index in [4.69, 9.17) is 4.74 Å².